The molecule has 2 heterocycles. The highest BCUT2D eigenvalue weighted by molar-refractivity contribution is 5.92. The number of nitrogens with zero attached hydrogens (tertiary/aromatic N) is 2. The van der Waals surface area contributed by atoms with E-state index in [1.54, 1.807) is 0 Å². The zero-order valence-electron chi connectivity index (χ0n) is 10.1. The molecular formula is C12H13N5O2. The third kappa shape index (κ3) is 2.40. The molecule has 0 spiro atoms. The first-order chi connectivity index (χ1) is 9.22. The Kier molecular flexibility index (Phi) is 2.86. The number of aromatic amines is 2. The van der Waals surface area contributed by atoms with Gasteiger partial charge in [-0.15, -0.1) is 0 Å². The van der Waals surface area contributed by atoms with Gasteiger partial charge in [-0.3, -0.25) is 19.7 Å². The van der Waals surface area contributed by atoms with Crippen molar-refractivity contribution in [3.63, 3.8) is 0 Å². The molecule has 2 aromatic rings. The van der Waals surface area contributed by atoms with Crippen LogP contribution >= 0.6 is 0 Å². The van der Waals surface area contributed by atoms with E-state index in [2.05, 4.69) is 25.5 Å². The lowest BCUT2D eigenvalue weighted by atomic mass is 9.94. The van der Waals surface area contributed by atoms with Gasteiger partial charge in [-0.05, 0) is 18.4 Å². The highest BCUT2D eigenvalue weighted by Gasteiger charge is 2.22. The highest BCUT2D eigenvalue weighted by Crippen LogP contribution is 2.18. The Labute approximate surface area is 108 Å². The molecule has 0 saturated heterocycles. The Morgan fingerprint density at radius 2 is 2.26 bits per heavy atom. The number of aromatic nitrogens is 4. The molecule has 1 amide bonds. The molecule has 0 saturated carbocycles. The Morgan fingerprint density at radius 3 is 3.11 bits per heavy atom. The van der Waals surface area contributed by atoms with E-state index < -0.39 is 0 Å². The smallest absolute Gasteiger partial charge is 0.269 e. The molecule has 0 radical (unpaired) electrons. The summed E-state index contributed by atoms with van der Waals surface area (Å²) < 4.78 is 0. The summed E-state index contributed by atoms with van der Waals surface area (Å²) in [7, 11) is 0. The molecule has 7 heteroatoms. The van der Waals surface area contributed by atoms with Crippen molar-refractivity contribution in [3.8, 4) is 0 Å². The maximum Gasteiger partial charge on any atom is 0.269 e. The van der Waals surface area contributed by atoms with Crippen molar-refractivity contribution < 1.29 is 4.79 Å². The average Bonchev–Trinajstić information content (AvgIpc) is 2.86. The third-order valence-corrected chi connectivity index (χ3v) is 3.25. The minimum Gasteiger partial charge on any atom is -0.348 e. The number of carbonyl (C=O) groups excluding carboxylic acids is 1. The van der Waals surface area contributed by atoms with Gasteiger partial charge >= 0.3 is 0 Å². The number of H-pyrrole nitrogens is 2. The minimum absolute atomic E-state index is 0.0455. The van der Waals surface area contributed by atoms with E-state index in [1.165, 1.54) is 11.8 Å². The SMILES string of the molecule is O=C(N[C@H]1CCc2cn[nH]c2C1)c1cncc(=O)[nH]1. The number of rotatable bonds is 2. The van der Waals surface area contributed by atoms with Crippen LogP contribution in [-0.4, -0.2) is 32.1 Å². The van der Waals surface area contributed by atoms with Crippen LogP contribution in [0.2, 0.25) is 0 Å². The largest absolute Gasteiger partial charge is 0.348 e. The van der Waals surface area contributed by atoms with Gasteiger partial charge in [-0.1, -0.05) is 0 Å². The van der Waals surface area contributed by atoms with Crippen LogP contribution in [-0.2, 0) is 12.8 Å². The van der Waals surface area contributed by atoms with Crippen LogP contribution in [0.25, 0.3) is 0 Å². The molecule has 19 heavy (non-hydrogen) atoms. The lowest BCUT2D eigenvalue weighted by molar-refractivity contribution is 0.0927. The second-order valence-corrected chi connectivity index (χ2v) is 4.60. The fourth-order valence-corrected chi connectivity index (χ4v) is 2.29. The van der Waals surface area contributed by atoms with Crippen molar-refractivity contribution >= 4 is 5.91 Å². The third-order valence-electron chi connectivity index (χ3n) is 3.25. The Hall–Kier alpha value is -2.44. The van der Waals surface area contributed by atoms with Gasteiger partial charge in [0.25, 0.3) is 11.5 Å². The molecule has 0 bridgehead atoms. The summed E-state index contributed by atoms with van der Waals surface area (Å²) in [4.78, 5) is 29.2. The van der Waals surface area contributed by atoms with E-state index in [0.29, 0.717) is 0 Å². The summed E-state index contributed by atoms with van der Waals surface area (Å²) in [6, 6.07) is 0.0455. The lowest BCUT2D eigenvalue weighted by Gasteiger charge is -2.22. The van der Waals surface area contributed by atoms with E-state index in [4.69, 9.17) is 0 Å². The first kappa shape index (κ1) is 11.6. The van der Waals surface area contributed by atoms with Crippen molar-refractivity contribution in [3.05, 3.63) is 45.9 Å². The molecule has 7 nitrogen and oxygen atoms in total. The molecule has 0 unspecified atom stereocenters. The Bertz CT molecular complexity index is 660. The highest BCUT2D eigenvalue weighted by atomic mass is 16.2. The van der Waals surface area contributed by atoms with Crippen LogP contribution in [0.3, 0.4) is 0 Å². The molecular weight excluding hydrogens is 246 g/mol. The van der Waals surface area contributed by atoms with Crippen molar-refractivity contribution in [1.29, 1.82) is 0 Å². The first-order valence-electron chi connectivity index (χ1n) is 6.08. The molecule has 2 aromatic heterocycles. The van der Waals surface area contributed by atoms with Gasteiger partial charge in [-0.2, -0.15) is 5.10 Å². The topological polar surface area (TPSA) is 104 Å². The predicted molar refractivity (Wildman–Crippen MR) is 66.7 cm³/mol. The zero-order chi connectivity index (χ0) is 13.2. The Balaban J connectivity index is 1.70. The summed E-state index contributed by atoms with van der Waals surface area (Å²) in [6.07, 6.45) is 6.79. The molecule has 0 aromatic carbocycles. The van der Waals surface area contributed by atoms with Crippen LogP contribution in [0.4, 0.5) is 0 Å². The number of aryl methyl sites for hydroxylation is 1. The van der Waals surface area contributed by atoms with Gasteiger partial charge in [0.1, 0.15) is 5.69 Å². The summed E-state index contributed by atoms with van der Waals surface area (Å²) in [5, 5.41) is 9.83. The number of carbonyl (C=O) groups is 1. The molecule has 3 rings (SSSR count). The molecule has 1 aliphatic rings. The van der Waals surface area contributed by atoms with Gasteiger partial charge in [0.2, 0.25) is 0 Å². The minimum atomic E-state index is -0.382. The maximum atomic E-state index is 12.0. The molecule has 1 aliphatic carbocycles. The summed E-state index contributed by atoms with van der Waals surface area (Å²) in [5.74, 6) is -0.307. The Morgan fingerprint density at radius 1 is 1.37 bits per heavy atom. The summed E-state index contributed by atoms with van der Waals surface area (Å²) in [5.41, 5.74) is 2.08. The van der Waals surface area contributed by atoms with Gasteiger partial charge in [0, 0.05) is 18.2 Å². The van der Waals surface area contributed by atoms with Crippen LogP contribution in [0, 0.1) is 0 Å². The van der Waals surface area contributed by atoms with Gasteiger partial charge < -0.3 is 10.3 Å². The number of nitrogens with one attached hydrogen (secondary N) is 3. The monoisotopic (exact) mass is 259 g/mol. The predicted octanol–water partition coefficient (Wildman–Crippen LogP) is -0.220. The van der Waals surface area contributed by atoms with Gasteiger partial charge in [0.15, 0.2) is 0 Å². The number of fused-ring (bicyclic) bond motifs is 1. The second kappa shape index (κ2) is 4.68. The van der Waals surface area contributed by atoms with Crippen molar-refractivity contribution in [2.75, 3.05) is 0 Å². The van der Waals surface area contributed by atoms with E-state index >= 15 is 0 Å². The fraction of sp³-hybridized carbons (Fsp3) is 0.333. The molecule has 3 N–H and O–H groups in total. The average molecular weight is 259 g/mol. The van der Waals surface area contributed by atoms with Crippen LogP contribution in [0.15, 0.2) is 23.4 Å². The molecule has 98 valence electrons. The molecule has 0 aliphatic heterocycles. The number of hydrogen-bond acceptors (Lipinski definition) is 4. The van der Waals surface area contributed by atoms with Gasteiger partial charge in [0.05, 0.1) is 18.6 Å². The molecule has 0 fully saturated rings. The van der Waals surface area contributed by atoms with E-state index in [0.717, 1.165) is 31.2 Å². The standard InChI is InChI=1S/C12H13N5O2/c18-11-6-13-5-10(16-11)12(19)15-8-2-1-7-4-14-17-9(7)3-8/h4-6,8H,1-3H2,(H,14,17)(H,15,19)(H,16,18)/t8-/m0/s1. The quantitative estimate of drug-likeness (QED) is 0.693. The van der Waals surface area contributed by atoms with E-state index in [1.807, 2.05) is 6.20 Å². The van der Waals surface area contributed by atoms with Crippen LogP contribution in [0.1, 0.15) is 28.2 Å². The van der Waals surface area contributed by atoms with Gasteiger partial charge in [-0.25, -0.2) is 0 Å². The number of amides is 1. The second-order valence-electron chi connectivity index (χ2n) is 4.60. The van der Waals surface area contributed by atoms with E-state index in [9.17, 15) is 9.59 Å². The fourth-order valence-electron chi connectivity index (χ4n) is 2.29. The van der Waals surface area contributed by atoms with Crippen LogP contribution in [0.5, 0.6) is 0 Å². The van der Waals surface area contributed by atoms with Crippen molar-refractivity contribution in [2.24, 2.45) is 0 Å². The van der Waals surface area contributed by atoms with Crippen molar-refractivity contribution in [1.82, 2.24) is 25.5 Å². The zero-order valence-corrected chi connectivity index (χ0v) is 10.1. The first-order valence-corrected chi connectivity index (χ1v) is 6.08. The number of hydrogen-bond donors (Lipinski definition) is 3. The van der Waals surface area contributed by atoms with E-state index in [-0.39, 0.29) is 23.2 Å². The normalized spacial score (nSPS) is 17.8. The summed E-state index contributed by atoms with van der Waals surface area (Å²) >= 11 is 0. The van der Waals surface area contributed by atoms with Crippen molar-refractivity contribution in [2.45, 2.75) is 25.3 Å². The summed E-state index contributed by atoms with van der Waals surface area (Å²) in [6.45, 7) is 0. The lowest BCUT2D eigenvalue weighted by Crippen LogP contribution is -2.39. The maximum absolute atomic E-state index is 12.0. The van der Waals surface area contributed by atoms with Crippen LogP contribution < -0.4 is 10.9 Å². The molecule has 1 atom stereocenters.